The predicted octanol–water partition coefficient (Wildman–Crippen LogP) is 3.02. The lowest BCUT2D eigenvalue weighted by Gasteiger charge is -2.10. The first-order chi connectivity index (χ1) is 16.9. The molecule has 0 aliphatic carbocycles. The van der Waals surface area contributed by atoms with Gasteiger partial charge in [0.15, 0.2) is 0 Å². The van der Waals surface area contributed by atoms with Crippen molar-refractivity contribution in [1.29, 1.82) is 0 Å². The van der Waals surface area contributed by atoms with Gasteiger partial charge in [0.05, 0.1) is 38.8 Å². The SMILES string of the molecule is COc1cccc(C(=O)Oc2cccc(/C=N/NC(=O)C(=O)Nc3ccc(OC)cc3OC)c2)c1. The van der Waals surface area contributed by atoms with Crippen LogP contribution >= 0.6 is 0 Å². The summed E-state index contributed by atoms with van der Waals surface area (Å²) in [6.07, 6.45) is 1.31. The van der Waals surface area contributed by atoms with Gasteiger partial charge in [-0.15, -0.1) is 0 Å². The summed E-state index contributed by atoms with van der Waals surface area (Å²) in [7, 11) is 4.43. The quantitative estimate of drug-likeness (QED) is 0.168. The van der Waals surface area contributed by atoms with Gasteiger partial charge in [-0.1, -0.05) is 18.2 Å². The zero-order valence-electron chi connectivity index (χ0n) is 19.2. The van der Waals surface area contributed by atoms with Crippen LogP contribution in [0.4, 0.5) is 5.69 Å². The van der Waals surface area contributed by atoms with E-state index >= 15 is 0 Å². The molecule has 0 aromatic heterocycles. The van der Waals surface area contributed by atoms with E-state index < -0.39 is 17.8 Å². The summed E-state index contributed by atoms with van der Waals surface area (Å²) >= 11 is 0. The molecule has 2 amide bonds. The second-order valence-electron chi connectivity index (χ2n) is 6.91. The average Bonchev–Trinajstić information content (AvgIpc) is 2.89. The lowest BCUT2D eigenvalue weighted by atomic mass is 10.2. The molecule has 0 heterocycles. The Morgan fingerprint density at radius 2 is 1.49 bits per heavy atom. The van der Waals surface area contributed by atoms with Crippen LogP contribution in [-0.2, 0) is 9.59 Å². The van der Waals surface area contributed by atoms with Gasteiger partial charge in [0.1, 0.15) is 23.0 Å². The lowest BCUT2D eigenvalue weighted by molar-refractivity contribution is -0.136. The standard InChI is InChI=1S/C25H23N3O7/c1-32-18-8-5-7-17(13-18)25(31)35-20-9-4-6-16(12-20)15-26-28-24(30)23(29)27-21-11-10-19(33-2)14-22(21)34-3/h4-15H,1-3H3,(H,27,29)(H,28,30)/b26-15+. The number of ether oxygens (including phenoxy) is 4. The number of hydrogen-bond acceptors (Lipinski definition) is 8. The van der Waals surface area contributed by atoms with Crippen LogP contribution in [0.15, 0.2) is 71.8 Å². The van der Waals surface area contributed by atoms with Crippen molar-refractivity contribution in [1.82, 2.24) is 5.43 Å². The molecular formula is C25H23N3O7. The zero-order chi connectivity index (χ0) is 25.2. The van der Waals surface area contributed by atoms with Gasteiger partial charge < -0.3 is 24.3 Å². The summed E-state index contributed by atoms with van der Waals surface area (Å²) in [6.45, 7) is 0. The Labute approximate surface area is 201 Å². The third-order valence-electron chi connectivity index (χ3n) is 4.62. The molecule has 2 N–H and O–H groups in total. The Morgan fingerprint density at radius 1 is 0.771 bits per heavy atom. The molecule has 0 aliphatic rings. The second kappa shape index (κ2) is 11.8. The predicted molar refractivity (Wildman–Crippen MR) is 128 cm³/mol. The first-order valence-electron chi connectivity index (χ1n) is 10.3. The van der Waals surface area contributed by atoms with Crippen molar-refractivity contribution < 1.29 is 33.3 Å². The number of nitrogens with one attached hydrogen (secondary N) is 2. The number of methoxy groups -OCH3 is 3. The van der Waals surface area contributed by atoms with Gasteiger partial charge in [0.25, 0.3) is 0 Å². The van der Waals surface area contributed by atoms with E-state index in [-0.39, 0.29) is 5.75 Å². The molecule has 180 valence electrons. The molecule has 0 unspecified atom stereocenters. The number of benzene rings is 3. The number of carbonyl (C=O) groups is 3. The van der Waals surface area contributed by atoms with E-state index in [1.165, 1.54) is 27.5 Å². The summed E-state index contributed by atoms with van der Waals surface area (Å²) in [5.41, 5.74) is 3.29. The van der Waals surface area contributed by atoms with Gasteiger partial charge in [-0.2, -0.15) is 5.10 Å². The average molecular weight is 477 g/mol. The van der Waals surface area contributed by atoms with Crippen molar-refractivity contribution in [2.24, 2.45) is 5.10 Å². The van der Waals surface area contributed by atoms with E-state index in [4.69, 9.17) is 18.9 Å². The first kappa shape index (κ1) is 24.8. The molecular weight excluding hydrogens is 454 g/mol. The van der Waals surface area contributed by atoms with E-state index in [0.717, 1.165) is 0 Å². The van der Waals surface area contributed by atoms with E-state index in [0.29, 0.717) is 34.1 Å². The number of esters is 1. The van der Waals surface area contributed by atoms with E-state index in [9.17, 15) is 14.4 Å². The summed E-state index contributed by atoms with van der Waals surface area (Å²) in [5.74, 6) is -0.814. The smallest absolute Gasteiger partial charge is 0.343 e. The van der Waals surface area contributed by atoms with Gasteiger partial charge >= 0.3 is 17.8 Å². The Hall–Kier alpha value is -4.86. The third-order valence-corrected chi connectivity index (χ3v) is 4.62. The lowest BCUT2D eigenvalue weighted by Crippen LogP contribution is -2.32. The molecule has 0 saturated carbocycles. The number of hydrazone groups is 1. The van der Waals surface area contributed by atoms with Crippen molar-refractivity contribution in [2.75, 3.05) is 26.6 Å². The van der Waals surface area contributed by atoms with Crippen LogP contribution in [0, 0.1) is 0 Å². The molecule has 0 bridgehead atoms. The highest BCUT2D eigenvalue weighted by Gasteiger charge is 2.16. The van der Waals surface area contributed by atoms with Gasteiger partial charge in [0, 0.05) is 6.07 Å². The molecule has 35 heavy (non-hydrogen) atoms. The monoisotopic (exact) mass is 477 g/mol. The van der Waals surface area contributed by atoms with Crippen LogP contribution in [0.2, 0.25) is 0 Å². The minimum absolute atomic E-state index is 0.275. The Morgan fingerprint density at radius 3 is 2.23 bits per heavy atom. The highest BCUT2D eigenvalue weighted by molar-refractivity contribution is 6.39. The number of anilines is 1. The Kier molecular flexibility index (Phi) is 8.38. The molecule has 3 aromatic rings. The van der Waals surface area contributed by atoms with Crippen LogP contribution in [0.3, 0.4) is 0 Å². The molecule has 0 saturated heterocycles. The molecule has 10 nitrogen and oxygen atoms in total. The fraction of sp³-hybridized carbons (Fsp3) is 0.120. The molecule has 0 spiro atoms. The van der Waals surface area contributed by atoms with Crippen molar-refractivity contribution in [3.63, 3.8) is 0 Å². The molecule has 0 radical (unpaired) electrons. The van der Waals surface area contributed by atoms with Crippen molar-refractivity contribution in [3.05, 3.63) is 77.9 Å². The van der Waals surface area contributed by atoms with Crippen molar-refractivity contribution >= 4 is 29.7 Å². The van der Waals surface area contributed by atoms with Crippen molar-refractivity contribution in [2.45, 2.75) is 0 Å². The Balaban J connectivity index is 1.58. The van der Waals surface area contributed by atoms with Crippen LogP contribution in [0.25, 0.3) is 0 Å². The maximum atomic E-state index is 12.4. The topological polar surface area (TPSA) is 125 Å². The van der Waals surface area contributed by atoms with Gasteiger partial charge in [-0.3, -0.25) is 9.59 Å². The van der Waals surface area contributed by atoms with Crippen LogP contribution in [0.1, 0.15) is 15.9 Å². The summed E-state index contributed by atoms with van der Waals surface area (Å²) in [5, 5.41) is 6.23. The van der Waals surface area contributed by atoms with Crippen LogP contribution < -0.4 is 29.7 Å². The summed E-state index contributed by atoms with van der Waals surface area (Å²) in [6, 6.07) is 17.8. The third kappa shape index (κ3) is 6.81. The summed E-state index contributed by atoms with van der Waals surface area (Å²) < 4.78 is 20.8. The highest BCUT2D eigenvalue weighted by Crippen LogP contribution is 2.28. The number of rotatable bonds is 8. The molecule has 0 atom stereocenters. The highest BCUT2D eigenvalue weighted by atomic mass is 16.5. The molecule has 10 heteroatoms. The molecule has 0 fully saturated rings. The maximum absolute atomic E-state index is 12.4. The largest absolute Gasteiger partial charge is 0.497 e. The normalized spacial score (nSPS) is 10.4. The minimum atomic E-state index is -0.986. The maximum Gasteiger partial charge on any atom is 0.343 e. The van der Waals surface area contributed by atoms with Gasteiger partial charge in [0.2, 0.25) is 0 Å². The zero-order valence-corrected chi connectivity index (χ0v) is 19.2. The Bertz CT molecular complexity index is 1260. The van der Waals surface area contributed by atoms with E-state index in [1.807, 2.05) is 0 Å². The molecule has 3 rings (SSSR count). The van der Waals surface area contributed by atoms with Crippen molar-refractivity contribution in [3.8, 4) is 23.0 Å². The fourth-order valence-electron chi connectivity index (χ4n) is 2.87. The minimum Gasteiger partial charge on any atom is -0.497 e. The molecule has 0 aliphatic heterocycles. The van der Waals surface area contributed by atoms with E-state index in [1.54, 1.807) is 66.7 Å². The number of carbonyl (C=O) groups excluding carboxylic acids is 3. The van der Waals surface area contributed by atoms with Gasteiger partial charge in [-0.05, 0) is 48.0 Å². The fourth-order valence-corrected chi connectivity index (χ4v) is 2.87. The van der Waals surface area contributed by atoms with Gasteiger partial charge in [-0.25, -0.2) is 10.2 Å². The summed E-state index contributed by atoms with van der Waals surface area (Å²) in [4.78, 5) is 36.7. The molecule has 3 aromatic carbocycles. The van der Waals surface area contributed by atoms with Crippen LogP contribution in [-0.4, -0.2) is 45.3 Å². The second-order valence-corrected chi connectivity index (χ2v) is 6.91. The number of amides is 2. The van der Waals surface area contributed by atoms with E-state index in [2.05, 4.69) is 15.8 Å². The number of nitrogens with zero attached hydrogens (tertiary/aromatic N) is 1. The first-order valence-corrected chi connectivity index (χ1v) is 10.3. The van der Waals surface area contributed by atoms with Crippen LogP contribution in [0.5, 0.6) is 23.0 Å². The number of hydrogen-bond donors (Lipinski definition) is 2.